The van der Waals surface area contributed by atoms with Crippen molar-refractivity contribution in [2.75, 3.05) is 11.9 Å². The molecule has 2 unspecified atom stereocenters. The molecule has 128 valence electrons. The Hall–Kier alpha value is -1.83. The summed E-state index contributed by atoms with van der Waals surface area (Å²) in [7, 11) is 0. The Morgan fingerprint density at radius 1 is 1.35 bits per heavy atom. The van der Waals surface area contributed by atoms with Crippen LogP contribution < -0.4 is 15.8 Å². The molecule has 0 radical (unpaired) electrons. The number of carbonyl (C=O) groups is 1. The predicted octanol–water partition coefficient (Wildman–Crippen LogP) is 3.22. The van der Waals surface area contributed by atoms with Crippen LogP contribution >= 0.6 is 0 Å². The van der Waals surface area contributed by atoms with Gasteiger partial charge in [0.15, 0.2) is 6.61 Å². The fourth-order valence-corrected chi connectivity index (χ4v) is 2.58. The van der Waals surface area contributed by atoms with Gasteiger partial charge in [-0.1, -0.05) is 6.42 Å². The highest BCUT2D eigenvalue weighted by molar-refractivity contribution is 5.94. The fourth-order valence-electron chi connectivity index (χ4n) is 2.58. The van der Waals surface area contributed by atoms with E-state index in [9.17, 15) is 22.4 Å². The molecule has 0 aromatic heterocycles. The number of hydrogen-bond donors (Lipinski definition) is 2. The number of anilines is 1. The van der Waals surface area contributed by atoms with Gasteiger partial charge in [0.05, 0.1) is 5.69 Å². The Kier molecular flexibility index (Phi) is 5.46. The van der Waals surface area contributed by atoms with Crippen LogP contribution in [0.15, 0.2) is 18.2 Å². The summed E-state index contributed by atoms with van der Waals surface area (Å²) in [5, 5.41) is 2.51. The number of hydrogen-bond acceptors (Lipinski definition) is 3. The minimum absolute atomic E-state index is 0.0137. The molecule has 1 fully saturated rings. The van der Waals surface area contributed by atoms with Gasteiger partial charge in [0.2, 0.25) is 5.91 Å². The molecule has 1 aromatic rings. The highest BCUT2D eigenvalue weighted by Gasteiger charge is 2.30. The zero-order chi connectivity index (χ0) is 17.0. The van der Waals surface area contributed by atoms with Crippen LogP contribution in [0.1, 0.15) is 25.7 Å². The smallest absolute Gasteiger partial charge is 0.422 e. The molecule has 2 atom stereocenters. The molecule has 8 heteroatoms. The van der Waals surface area contributed by atoms with Gasteiger partial charge in [0.25, 0.3) is 0 Å². The zero-order valence-corrected chi connectivity index (χ0v) is 12.3. The Balaban J connectivity index is 2.07. The van der Waals surface area contributed by atoms with Gasteiger partial charge in [-0.25, -0.2) is 4.39 Å². The standard InChI is InChI=1S/C15H18F4N2O2/c16-10-4-5-12(13(7-10)23-8-15(17,18)19)21-14(22)9-2-1-3-11(20)6-9/h4-5,7,9,11H,1-3,6,8,20H2,(H,21,22). The van der Waals surface area contributed by atoms with Crippen LogP contribution in [-0.4, -0.2) is 24.7 Å². The lowest BCUT2D eigenvalue weighted by atomic mass is 9.85. The summed E-state index contributed by atoms with van der Waals surface area (Å²) >= 11 is 0. The van der Waals surface area contributed by atoms with Gasteiger partial charge in [-0.2, -0.15) is 13.2 Å². The van der Waals surface area contributed by atoms with Crippen LogP contribution in [0.3, 0.4) is 0 Å². The van der Waals surface area contributed by atoms with E-state index in [2.05, 4.69) is 10.1 Å². The summed E-state index contributed by atoms with van der Waals surface area (Å²) in [5.74, 6) is -1.75. The van der Waals surface area contributed by atoms with Crippen LogP contribution in [-0.2, 0) is 4.79 Å². The third-order valence-electron chi connectivity index (χ3n) is 3.68. The molecule has 1 saturated carbocycles. The van der Waals surface area contributed by atoms with E-state index in [0.717, 1.165) is 25.0 Å². The molecule has 0 heterocycles. The maximum absolute atomic E-state index is 13.2. The minimum atomic E-state index is -4.55. The van der Waals surface area contributed by atoms with Gasteiger partial charge in [-0.15, -0.1) is 0 Å². The Morgan fingerprint density at radius 2 is 2.09 bits per heavy atom. The number of rotatable bonds is 4. The summed E-state index contributed by atoms with van der Waals surface area (Å²) in [6, 6.07) is 2.98. The fraction of sp³-hybridized carbons (Fsp3) is 0.533. The lowest BCUT2D eigenvalue weighted by molar-refractivity contribution is -0.153. The van der Waals surface area contributed by atoms with Crippen LogP contribution in [0.2, 0.25) is 0 Å². The molecule has 0 saturated heterocycles. The van der Waals surface area contributed by atoms with Crippen LogP contribution in [0.4, 0.5) is 23.2 Å². The van der Waals surface area contributed by atoms with Gasteiger partial charge >= 0.3 is 6.18 Å². The van der Waals surface area contributed by atoms with Crippen LogP contribution in [0.5, 0.6) is 5.75 Å². The zero-order valence-electron chi connectivity index (χ0n) is 12.3. The normalized spacial score (nSPS) is 21.8. The van der Waals surface area contributed by atoms with Crippen molar-refractivity contribution in [3.8, 4) is 5.75 Å². The number of benzene rings is 1. The van der Waals surface area contributed by atoms with Crippen molar-refractivity contribution < 1.29 is 27.1 Å². The Morgan fingerprint density at radius 3 is 2.74 bits per heavy atom. The van der Waals surface area contributed by atoms with Crippen molar-refractivity contribution in [1.29, 1.82) is 0 Å². The highest BCUT2D eigenvalue weighted by Crippen LogP contribution is 2.30. The second-order valence-corrected chi connectivity index (χ2v) is 5.66. The number of nitrogens with two attached hydrogens (primary N) is 1. The first kappa shape index (κ1) is 17.5. The lowest BCUT2D eigenvalue weighted by Crippen LogP contribution is -2.34. The second kappa shape index (κ2) is 7.16. The average molecular weight is 334 g/mol. The van der Waals surface area contributed by atoms with Gasteiger partial charge in [0, 0.05) is 18.0 Å². The molecule has 1 aliphatic carbocycles. The van der Waals surface area contributed by atoms with Crippen molar-refractivity contribution in [3.05, 3.63) is 24.0 Å². The van der Waals surface area contributed by atoms with Gasteiger partial charge in [0.1, 0.15) is 11.6 Å². The third-order valence-corrected chi connectivity index (χ3v) is 3.68. The van der Waals surface area contributed by atoms with Crippen molar-refractivity contribution >= 4 is 11.6 Å². The molecule has 4 nitrogen and oxygen atoms in total. The quantitative estimate of drug-likeness (QED) is 0.831. The minimum Gasteiger partial charge on any atom is -0.482 e. The van der Waals surface area contributed by atoms with Crippen LogP contribution in [0, 0.1) is 11.7 Å². The predicted molar refractivity (Wildman–Crippen MR) is 76.5 cm³/mol. The number of nitrogens with one attached hydrogen (secondary N) is 1. The largest absolute Gasteiger partial charge is 0.482 e. The number of amides is 1. The van der Waals surface area contributed by atoms with E-state index < -0.39 is 18.6 Å². The number of halogens is 4. The summed E-state index contributed by atoms with van der Waals surface area (Å²) in [5.41, 5.74) is 5.84. The first-order chi connectivity index (χ1) is 10.7. The molecule has 1 aromatic carbocycles. The average Bonchev–Trinajstić information content (AvgIpc) is 2.46. The highest BCUT2D eigenvalue weighted by atomic mass is 19.4. The topological polar surface area (TPSA) is 64.4 Å². The molecule has 0 aliphatic heterocycles. The van der Waals surface area contributed by atoms with Gasteiger partial charge in [-0.05, 0) is 31.4 Å². The molecular formula is C15H18F4N2O2. The van der Waals surface area contributed by atoms with Crippen molar-refractivity contribution in [2.45, 2.75) is 37.9 Å². The van der Waals surface area contributed by atoms with E-state index in [4.69, 9.17) is 5.73 Å². The number of ether oxygens (including phenoxy) is 1. The van der Waals surface area contributed by atoms with E-state index in [1.807, 2.05) is 0 Å². The van der Waals surface area contributed by atoms with E-state index in [0.29, 0.717) is 12.8 Å². The molecule has 23 heavy (non-hydrogen) atoms. The summed E-state index contributed by atoms with van der Waals surface area (Å²) < 4.78 is 54.6. The third kappa shape index (κ3) is 5.38. The first-order valence-electron chi connectivity index (χ1n) is 7.30. The lowest BCUT2D eigenvalue weighted by Gasteiger charge is -2.26. The van der Waals surface area contributed by atoms with E-state index in [1.165, 1.54) is 6.07 Å². The Bertz CT molecular complexity index is 563. The molecule has 3 N–H and O–H groups in total. The Labute approximate surface area is 131 Å². The summed E-state index contributed by atoms with van der Waals surface area (Å²) in [6.07, 6.45) is -1.70. The van der Waals surface area contributed by atoms with Crippen LogP contribution in [0.25, 0.3) is 0 Å². The first-order valence-corrected chi connectivity index (χ1v) is 7.30. The maximum Gasteiger partial charge on any atom is 0.422 e. The SMILES string of the molecule is NC1CCCC(C(=O)Nc2ccc(F)cc2OCC(F)(F)F)C1. The number of carbonyl (C=O) groups excluding carboxylic acids is 1. The summed E-state index contributed by atoms with van der Waals surface area (Å²) in [6.45, 7) is -1.56. The molecule has 0 bridgehead atoms. The van der Waals surface area contributed by atoms with Crippen molar-refractivity contribution in [3.63, 3.8) is 0 Å². The number of alkyl halides is 3. The molecule has 2 rings (SSSR count). The van der Waals surface area contributed by atoms with Gasteiger partial charge in [-0.3, -0.25) is 4.79 Å². The molecule has 1 aliphatic rings. The maximum atomic E-state index is 13.2. The van der Waals surface area contributed by atoms with Gasteiger partial charge < -0.3 is 15.8 Å². The molecular weight excluding hydrogens is 316 g/mol. The van der Waals surface area contributed by atoms with E-state index in [1.54, 1.807) is 0 Å². The van der Waals surface area contributed by atoms with E-state index in [-0.39, 0.29) is 29.3 Å². The second-order valence-electron chi connectivity index (χ2n) is 5.66. The van der Waals surface area contributed by atoms with E-state index >= 15 is 0 Å². The van der Waals surface area contributed by atoms with Crippen molar-refractivity contribution in [1.82, 2.24) is 0 Å². The van der Waals surface area contributed by atoms with Crippen molar-refractivity contribution in [2.24, 2.45) is 11.7 Å². The summed E-state index contributed by atoms with van der Waals surface area (Å²) in [4.78, 5) is 12.2. The molecule has 0 spiro atoms. The monoisotopic (exact) mass is 334 g/mol. The molecule has 1 amide bonds.